The van der Waals surface area contributed by atoms with E-state index in [0.29, 0.717) is 30.9 Å². The first-order valence-electron chi connectivity index (χ1n) is 11.3. The molecule has 0 radical (unpaired) electrons. The molecule has 0 fully saturated rings. The number of rotatable bonds is 7. The third kappa shape index (κ3) is 4.12. The van der Waals surface area contributed by atoms with Gasteiger partial charge in [-0.3, -0.25) is 14.3 Å². The van der Waals surface area contributed by atoms with Crippen LogP contribution in [0.15, 0.2) is 89.5 Å². The summed E-state index contributed by atoms with van der Waals surface area (Å²) in [4.78, 5) is 28.9. The molecule has 1 N–H and O–H groups in total. The van der Waals surface area contributed by atoms with Crippen LogP contribution < -0.4 is 5.32 Å². The highest BCUT2D eigenvalue weighted by atomic mass is 16.3. The number of carbonyl (C=O) groups is 2. The predicted molar refractivity (Wildman–Crippen MR) is 128 cm³/mol. The van der Waals surface area contributed by atoms with E-state index in [2.05, 4.69) is 10.4 Å². The Morgan fingerprint density at radius 1 is 1.06 bits per heavy atom. The summed E-state index contributed by atoms with van der Waals surface area (Å²) in [7, 11) is 0. The van der Waals surface area contributed by atoms with Crippen LogP contribution in [0.2, 0.25) is 0 Å². The van der Waals surface area contributed by atoms with Crippen molar-refractivity contribution in [3.05, 3.63) is 102 Å². The maximum atomic E-state index is 13.7. The highest BCUT2D eigenvalue weighted by Gasteiger charge is 2.47. The van der Waals surface area contributed by atoms with E-state index in [-0.39, 0.29) is 18.4 Å². The summed E-state index contributed by atoms with van der Waals surface area (Å²) in [5.41, 5.74) is 2.01. The monoisotopic (exact) mass is 454 g/mol. The van der Waals surface area contributed by atoms with Crippen molar-refractivity contribution >= 4 is 11.8 Å². The van der Waals surface area contributed by atoms with Crippen LogP contribution in [-0.4, -0.2) is 38.6 Å². The van der Waals surface area contributed by atoms with Crippen LogP contribution in [0, 0.1) is 0 Å². The summed E-state index contributed by atoms with van der Waals surface area (Å²) in [5, 5.41) is 7.71. The van der Waals surface area contributed by atoms with Crippen molar-refractivity contribution in [2.45, 2.75) is 32.0 Å². The molecule has 3 heterocycles. The highest BCUT2D eigenvalue weighted by molar-refractivity contribution is 6.00. The minimum atomic E-state index is -1.11. The molecule has 5 rings (SSSR count). The first kappa shape index (κ1) is 21.7. The Kier molecular flexibility index (Phi) is 5.76. The summed E-state index contributed by atoms with van der Waals surface area (Å²) < 4.78 is 7.13. The largest absolute Gasteiger partial charge is 0.469 e. The van der Waals surface area contributed by atoms with Crippen LogP contribution >= 0.6 is 0 Å². The average Bonchev–Trinajstić information content (AvgIpc) is 3.54. The Morgan fingerprint density at radius 3 is 2.50 bits per heavy atom. The van der Waals surface area contributed by atoms with E-state index in [0.717, 1.165) is 16.9 Å². The molecule has 1 atom stereocenters. The Labute approximate surface area is 198 Å². The van der Waals surface area contributed by atoms with Crippen molar-refractivity contribution in [2.24, 2.45) is 0 Å². The highest BCUT2D eigenvalue weighted by Crippen LogP contribution is 2.30. The molecule has 2 amide bonds. The van der Waals surface area contributed by atoms with Crippen molar-refractivity contribution < 1.29 is 14.0 Å². The molecule has 0 spiro atoms. The molecule has 4 aromatic rings. The third-order valence-corrected chi connectivity index (χ3v) is 6.31. The number of amides is 2. The molecule has 7 heteroatoms. The zero-order valence-electron chi connectivity index (χ0n) is 19.0. The lowest BCUT2D eigenvalue weighted by Gasteiger charge is -2.43. The molecule has 1 aliphatic heterocycles. The van der Waals surface area contributed by atoms with E-state index < -0.39 is 5.54 Å². The minimum absolute atomic E-state index is 0.216. The van der Waals surface area contributed by atoms with E-state index in [4.69, 9.17) is 4.42 Å². The number of hydrogen-bond donors (Lipinski definition) is 1. The quantitative estimate of drug-likeness (QED) is 0.459. The van der Waals surface area contributed by atoms with Gasteiger partial charge in [-0.25, -0.2) is 0 Å². The minimum Gasteiger partial charge on any atom is -0.469 e. The number of nitrogens with zero attached hydrogens (tertiary/aromatic N) is 3. The lowest BCUT2D eigenvalue weighted by molar-refractivity contribution is -0.133. The van der Waals surface area contributed by atoms with Gasteiger partial charge in [0, 0.05) is 25.1 Å². The van der Waals surface area contributed by atoms with E-state index in [9.17, 15) is 9.59 Å². The number of fused-ring (bicyclic) bond motifs is 1. The summed E-state index contributed by atoms with van der Waals surface area (Å²) in [5.74, 6) is 0.334. The maximum absolute atomic E-state index is 13.7. The van der Waals surface area contributed by atoms with Crippen LogP contribution in [-0.2, 0) is 24.3 Å². The molecule has 1 aliphatic rings. The van der Waals surface area contributed by atoms with Gasteiger partial charge in [0.2, 0.25) is 5.91 Å². The van der Waals surface area contributed by atoms with Crippen molar-refractivity contribution in [3.8, 4) is 11.3 Å². The topological polar surface area (TPSA) is 80.4 Å². The second-order valence-corrected chi connectivity index (χ2v) is 8.67. The van der Waals surface area contributed by atoms with Gasteiger partial charge in [0.25, 0.3) is 5.91 Å². The van der Waals surface area contributed by atoms with Crippen molar-refractivity contribution in [1.29, 1.82) is 0 Å². The van der Waals surface area contributed by atoms with Gasteiger partial charge in [-0.2, -0.15) is 5.10 Å². The number of carbonyl (C=O) groups excluding carboxylic acids is 2. The van der Waals surface area contributed by atoms with Gasteiger partial charge in [-0.1, -0.05) is 60.7 Å². The second kappa shape index (κ2) is 9.02. The molecule has 2 aromatic heterocycles. The smallest absolute Gasteiger partial charge is 0.273 e. The summed E-state index contributed by atoms with van der Waals surface area (Å²) in [6.45, 7) is 2.81. The number of aromatic nitrogens is 2. The molecule has 0 saturated heterocycles. The van der Waals surface area contributed by atoms with Gasteiger partial charge in [0.15, 0.2) is 0 Å². The van der Waals surface area contributed by atoms with Gasteiger partial charge >= 0.3 is 0 Å². The van der Waals surface area contributed by atoms with E-state index in [1.807, 2.05) is 72.8 Å². The van der Waals surface area contributed by atoms with E-state index in [1.165, 1.54) is 0 Å². The maximum Gasteiger partial charge on any atom is 0.273 e. The number of nitrogens with one attached hydrogen (secondary N) is 1. The fraction of sp³-hybridized carbons (Fsp3) is 0.222. The van der Waals surface area contributed by atoms with Crippen LogP contribution in [0.25, 0.3) is 11.3 Å². The van der Waals surface area contributed by atoms with Crippen molar-refractivity contribution in [2.75, 3.05) is 6.54 Å². The lowest BCUT2D eigenvalue weighted by Crippen LogP contribution is -2.64. The zero-order valence-corrected chi connectivity index (χ0v) is 19.0. The van der Waals surface area contributed by atoms with E-state index >= 15 is 0 Å². The van der Waals surface area contributed by atoms with Crippen molar-refractivity contribution in [1.82, 2.24) is 20.0 Å². The normalized spacial score (nSPS) is 17.4. The van der Waals surface area contributed by atoms with Crippen LogP contribution in [0.4, 0.5) is 0 Å². The summed E-state index contributed by atoms with van der Waals surface area (Å²) in [6, 6.07) is 25.0. The first-order chi connectivity index (χ1) is 16.5. The fourth-order valence-electron chi connectivity index (χ4n) is 4.39. The standard InChI is InChI=1S/C27H26N4O3/c1-27(26(33)28-18-20-9-4-2-5-10-20)19-31-24(17-23(29-31)21-11-6-3-7-12-21)25(32)30(27)15-14-22-13-8-16-34-22/h2-13,16-17H,14-15,18-19H2,1H3,(H,28,33)/t27-/m0/s1. The third-order valence-electron chi connectivity index (χ3n) is 6.31. The SMILES string of the molecule is C[C@@]1(C(=O)NCc2ccccc2)Cn2nc(-c3ccccc3)cc2C(=O)N1CCc1ccco1. The predicted octanol–water partition coefficient (Wildman–Crippen LogP) is 3.92. The molecule has 34 heavy (non-hydrogen) atoms. The van der Waals surface area contributed by atoms with Crippen LogP contribution in [0.1, 0.15) is 28.7 Å². The molecule has 0 unspecified atom stereocenters. The molecule has 172 valence electrons. The number of hydrogen-bond acceptors (Lipinski definition) is 4. The second-order valence-electron chi connectivity index (χ2n) is 8.67. The van der Waals surface area contributed by atoms with Gasteiger partial charge in [-0.15, -0.1) is 0 Å². The molecular weight excluding hydrogens is 428 g/mol. The molecule has 0 saturated carbocycles. The van der Waals surface area contributed by atoms with Gasteiger partial charge in [-0.05, 0) is 30.7 Å². The van der Waals surface area contributed by atoms with E-state index in [1.54, 1.807) is 28.8 Å². The van der Waals surface area contributed by atoms with Gasteiger partial charge in [0.05, 0.1) is 18.5 Å². The molecule has 7 nitrogen and oxygen atoms in total. The van der Waals surface area contributed by atoms with Gasteiger partial charge < -0.3 is 14.6 Å². The van der Waals surface area contributed by atoms with Gasteiger partial charge in [0.1, 0.15) is 17.0 Å². The van der Waals surface area contributed by atoms with Crippen molar-refractivity contribution in [3.63, 3.8) is 0 Å². The summed E-state index contributed by atoms with van der Waals surface area (Å²) in [6.07, 6.45) is 2.13. The first-order valence-corrected chi connectivity index (χ1v) is 11.3. The van der Waals surface area contributed by atoms with Crippen LogP contribution in [0.5, 0.6) is 0 Å². The molecule has 2 aromatic carbocycles. The molecular formula is C27H26N4O3. The Bertz CT molecular complexity index is 1280. The Hall–Kier alpha value is -4.13. The molecule has 0 bridgehead atoms. The lowest BCUT2D eigenvalue weighted by atomic mass is 9.94. The zero-order chi connectivity index (χ0) is 23.5. The average molecular weight is 455 g/mol. The fourth-order valence-corrected chi connectivity index (χ4v) is 4.39. The number of furan rings is 1. The summed E-state index contributed by atoms with van der Waals surface area (Å²) >= 11 is 0. The molecule has 0 aliphatic carbocycles. The Morgan fingerprint density at radius 2 is 1.79 bits per heavy atom. The van der Waals surface area contributed by atoms with Crippen LogP contribution in [0.3, 0.4) is 0 Å². The Balaban J connectivity index is 1.45. The number of benzene rings is 2.